The Bertz CT molecular complexity index is 801. The van der Waals surface area contributed by atoms with Gasteiger partial charge in [-0.25, -0.2) is 9.37 Å². The third-order valence-electron chi connectivity index (χ3n) is 3.50. The lowest BCUT2D eigenvalue weighted by molar-refractivity contribution is 0.0683. The molecule has 3 aromatic rings. The zero-order valence-electron chi connectivity index (χ0n) is 12.6. The van der Waals surface area contributed by atoms with Gasteiger partial charge in [0.1, 0.15) is 11.3 Å². The molecule has 1 N–H and O–H groups in total. The summed E-state index contributed by atoms with van der Waals surface area (Å²) in [5.41, 5.74) is 1.25. The number of halogens is 1. The van der Waals surface area contributed by atoms with E-state index in [0.717, 1.165) is 4.88 Å². The van der Waals surface area contributed by atoms with Crippen molar-refractivity contribution in [3.05, 3.63) is 52.2 Å². The summed E-state index contributed by atoms with van der Waals surface area (Å²) in [5, 5.41) is 1.96. The van der Waals surface area contributed by atoms with Crippen molar-refractivity contribution in [1.82, 2.24) is 14.9 Å². The van der Waals surface area contributed by atoms with Gasteiger partial charge in [-0.1, -0.05) is 6.07 Å². The van der Waals surface area contributed by atoms with Crippen molar-refractivity contribution >= 4 is 28.3 Å². The predicted molar refractivity (Wildman–Crippen MR) is 87.0 cm³/mol. The zero-order valence-corrected chi connectivity index (χ0v) is 13.4. The minimum Gasteiger partial charge on any atom is -0.383 e. The highest BCUT2D eigenvalue weighted by Crippen LogP contribution is 2.21. The maximum Gasteiger partial charge on any atom is 0.256 e. The van der Waals surface area contributed by atoms with Crippen LogP contribution in [-0.2, 0) is 11.3 Å². The number of H-pyrrole nitrogens is 1. The standard InChI is InChI=1S/C16H16FN3O2S/c1-22-5-4-20(9-12-3-2-6-23-12)16(21)13-7-11(17)8-14-15(13)19-10-18-14/h2-3,6-8,10H,4-5,9H2,1H3,(H,18,19). The normalized spacial score (nSPS) is 11.0. The van der Waals surface area contributed by atoms with Gasteiger partial charge >= 0.3 is 0 Å². The van der Waals surface area contributed by atoms with Crippen LogP contribution in [0, 0.1) is 5.82 Å². The van der Waals surface area contributed by atoms with Crippen LogP contribution in [0.15, 0.2) is 36.0 Å². The molecule has 5 nitrogen and oxygen atoms in total. The first-order valence-electron chi connectivity index (χ1n) is 7.12. The minimum atomic E-state index is -0.465. The largest absolute Gasteiger partial charge is 0.383 e. The third kappa shape index (κ3) is 3.40. The number of fused-ring (bicyclic) bond motifs is 1. The molecule has 0 unspecified atom stereocenters. The fourth-order valence-corrected chi connectivity index (χ4v) is 3.11. The number of aromatic nitrogens is 2. The highest BCUT2D eigenvalue weighted by Gasteiger charge is 2.21. The van der Waals surface area contributed by atoms with E-state index in [4.69, 9.17) is 4.74 Å². The molecule has 2 heterocycles. The van der Waals surface area contributed by atoms with Crippen LogP contribution in [0.1, 0.15) is 15.2 Å². The number of amides is 1. The molecule has 1 amide bonds. The molecule has 23 heavy (non-hydrogen) atoms. The number of hydrogen-bond donors (Lipinski definition) is 1. The van der Waals surface area contributed by atoms with E-state index in [9.17, 15) is 9.18 Å². The first-order chi connectivity index (χ1) is 11.2. The average molecular weight is 333 g/mol. The number of carbonyl (C=O) groups excluding carboxylic acids is 1. The monoisotopic (exact) mass is 333 g/mol. The van der Waals surface area contributed by atoms with Gasteiger partial charge in [0.25, 0.3) is 5.91 Å². The van der Waals surface area contributed by atoms with Crippen LogP contribution >= 0.6 is 11.3 Å². The van der Waals surface area contributed by atoms with Gasteiger partial charge in [-0.05, 0) is 23.6 Å². The summed E-state index contributed by atoms with van der Waals surface area (Å²) >= 11 is 1.58. The van der Waals surface area contributed by atoms with Crippen molar-refractivity contribution in [2.75, 3.05) is 20.3 Å². The van der Waals surface area contributed by atoms with Crippen LogP contribution in [0.25, 0.3) is 11.0 Å². The summed E-state index contributed by atoms with van der Waals surface area (Å²) in [6.07, 6.45) is 1.46. The van der Waals surface area contributed by atoms with Crippen molar-refractivity contribution in [3.8, 4) is 0 Å². The SMILES string of the molecule is COCCN(Cc1cccs1)C(=O)c1cc(F)cc2[nH]cnc12. The van der Waals surface area contributed by atoms with Crippen LogP contribution < -0.4 is 0 Å². The van der Waals surface area contributed by atoms with Gasteiger partial charge in [-0.3, -0.25) is 4.79 Å². The molecule has 0 saturated heterocycles. The molecule has 1 aromatic carbocycles. The summed E-state index contributed by atoms with van der Waals surface area (Å²) in [7, 11) is 1.59. The second-order valence-corrected chi connectivity index (χ2v) is 6.08. The van der Waals surface area contributed by atoms with E-state index in [1.165, 1.54) is 18.5 Å². The van der Waals surface area contributed by atoms with Gasteiger partial charge in [-0.2, -0.15) is 0 Å². The Labute approximate surface area is 136 Å². The molecule has 7 heteroatoms. The first kappa shape index (κ1) is 15.6. The molecular weight excluding hydrogens is 317 g/mol. The lowest BCUT2D eigenvalue weighted by Gasteiger charge is -2.22. The number of methoxy groups -OCH3 is 1. The summed E-state index contributed by atoms with van der Waals surface area (Å²) < 4.78 is 18.9. The molecule has 3 rings (SSSR count). The van der Waals surface area contributed by atoms with Gasteiger partial charge in [0.05, 0.1) is 30.6 Å². The number of imidazole rings is 1. The number of benzene rings is 1. The highest BCUT2D eigenvalue weighted by atomic mass is 32.1. The highest BCUT2D eigenvalue weighted by molar-refractivity contribution is 7.09. The van der Waals surface area contributed by atoms with E-state index in [1.807, 2.05) is 17.5 Å². The van der Waals surface area contributed by atoms with Gasteiger partial charge < -0.3 is 14.6 Å². The molecule has 0 fully saturated rings. The number of rotatable bonds is 6. The molecule has 0 saturated carbocycles. The molecule has 0 spiro atoms. The van der Waals surface area contributed by atoms with Gasteiger partial charge in [0, 0.05) is 18.5 Å². The molecule has 0 bridgehead atoms. The molecule has 120 valence electrons. The average Bonchev–Trinajstić information content (AvgIpc) is 3.20. The smallest absolute Gasteiger partial charge is 0.256 e. The molecule has 2 aromatic heterocycles. The molecule has 0 atom stereocenters. The molecular formula is C16H16FN3O2S. The number of ether oxygens (including phenoxy) is 1. The Morgan fingerprint density at radius 3 is 3.09 bits per heavy atom. The number of hydrogen-bond acceptors (Lipinski definition) is 4. The van der Waals surface area contributed by atoms with E-state index in [1.54, 1.807) is 23.3 Å². The summed E-state index contributed by atoms with van der Waals surface area (Å²) in [5.74, 6) is -0.722. The second-order valence-electron chi connectivity index (χ2n) is 5.05. The van der Waals surface area contributed by atoms with Crippen molar-refractivity contribution in [3.63, 3.8) is 0 Å². The number of thiophene rings is 1. The Morgan fingerprint density at radius 1 is 1.48 bits per heavy atom. The number of nitrogens with one attached hydrogen (secondary N) is 1. The Morgan fingerprint density at radius 2 is 2.35 bits per heavy atom. The summed E-state index contributed by atoms with van der Waals surface area (Å²) in [4.78, 5) is 22.6. The molecule has 0 aliphatic heterocycles. The van der Waals surface area contributed by atoms with E-state index in [0.29, 0.717) is 30.7 Å². The van der Waals surface area contributed by atoms with Gasteiger partial charge in [0.15, 0.2) is 0 Å². The predicted octanol–water partition coefficient (Wildman–Crippen LogP) is 3.05. The van der Waals surface area contributed by atoms with E-state index in [-0.39, 0.29) is 11.5 Å². The maximum absolute atomic E-state index is 13.8. The van der Waals surface area contributed by atoms with Gasteiger partial charge in [-0.15, -0.1) is 11.3 Å². The topological polar surface area (TPSA) is 58.2 Å². The van der Waals surface area contributed by atoms with Crippen LogP contribution in [0.3, 0.4) is 0 Å². The zero-order chi connectivity index (χ0) is 16.2. The molecule has 0 aliphatic carbocycles. The Balaban J connectivity index is 1.93. The van der Waals surface area contributed by atoms with E-state index < -0.39 is 5.82 Å². The van der Waals surface area contributed by atoms with Crippen molar-refractivity contribution < 1.29 is 13.9 Å². The molecule has 0 aliphatic rings. The van der Waals surface area contributed by atoms with Crippen LogP contribution in [0.5, 0.6) is 0 Å². The summed E-state index contributed by atoms with van der Waals surface area (Å²) in [6, 6.07) is 6.47. The quantitative estimate of drug-likeness (QED) is 0.754. The fraction of sp³-hybridized carbons (Fsp3) is 0.250. The minimum absolute atomic E-state index is 0.257. The number of carbonyl (C=O) groups is 1. The fourth-order valence-electron chi connectivity index (χ4n) is 2.39. The van der Waals surface area contributed by atoms with Gasteiger partial charge in [0.2, 0.25) is 0 Å². The van der Waals surface area contributed by atoms with Crippen LogP contribution in [0.4, 0.5) is 4.39 Å². The lowest BCUT2D eigenvalue weighted by atomic mass is 10.1. The number of aromatic amines is 1. The maximum atomic E-state index is 13.8. The van der Waals surface area contributed by atoms with Crippen molar-refractivity contribution in [1.29, 1.82) is 0 Å². The molecule has 0 radical (unpaired) electrons. The Hall–Kier alpha value is -2.25. The first-order valence-corrected chi connectivity index (χ1v) is 8.00. The van der Waals surface area contributed by atoms with Crippen molar-refractivity contribution in [2.24, 2.45) is 0 Å². The van der Waals surface area contributed by atoms with Crippen molar-refractivity contribution in [2.45, 2.75) is 6.54 Å². The number of nitrogens with zero attached hydrogens (tertiary/aromatic N) is 2. The second kappa shape index (κ2) is 6.89. The van der Waals surface area contributed by atoms with Crippen LogP contribution in [0.2, 0.25) is 0 Å². The van der Waals surface area contributed by atoms with E-state index >= 15 is 0 Å². The van der Waals surface area contributed by atoms with E-state index in [2.05, 4.69) is 9.97 Å². The lowest BCUT2D eigenvalue weighted by Crippen LogP contribution is -2.33. The third-order valence-corrected chi connectivity index (χ3v) is 4.36. The van der Waals surface area contributed by atoms with Crippen LogP contribution in [-0.4, -0.2) is 41.0 Å². The summed E-state index contributed by atoms with van der Waals surface area (Å²) in [6.45, 7) is 1.30. The Kier molecular flexibility index (Phi) is 4.68.